The molecule has 1 heteroatoms. The van der Waals surface area contributed by atoms with Crippen molar-refractivity contribution in [2.24, 2.45) is 5.92 Å². The van der Waals surface area contributed by atoms with Crippen molar-refractivity contribution in [2.75, 3.05) is 0 Å². The maximum Gasteiger partial charge on any atom is 0.0438 e. The van der Waals surface area contributed by atoms with Crippen LogP contribution in [0.15, 0.2) is 12.1 Å². The Labute approximate surface area is 115 Å². The molecule has 1 aliphatic carbocycles. The molecule has 0 fully saturated rings. The van der Waals surface area contributed by atoms with Gasteiger partial charge in [-0.05, 0) is 43.7 Å². The number of nitrogens with zero attached hydrogens (tertiary/aromatic N) is 1. The quantitative estimate of drug-likeness (QED) is 0.585. The zero-order valence-electron chi connectivity index (χ0n) is 13.8. The molecule has 1 unspecified atom stereocenters. The minimum atomic E-state index is 0.849. The summed E-state index contributed by atoms with van der Waals surface area (Å²) in [6.07, 6.45) is 3.71. The lowest BCUT2D eigenvalue weighted by Crippen LogP contribution is -2.12. The number of rotatable bonds is 0. The summed E-state index contributed by atoms with van der Waals surface area (Å²) in [7, 11) is 0. The van der Waals surface area contributed by atoms with Crippen LogP contribution in [-0.2, 0) is 12.8 Å². The molecule has 0 amide bonds. The molecule has 2 rings (SSSR count). The van der Waals surface area contributed by atoms with Gasteiger partial charge in [0.05, 0.1) is 0 Å². The fraction of sp³-hybridized carbons (Fsp3) is 0.706. The van der Waals surface area contributed by atoms with E-state index in [4.69, 9.17) is 0 Å². The first kappa shape index (κ1) is 19.5. The van der Waals surface area contributed by atoms with Crippen molar-refractivity contribution < 1.29 is 0 Å². The topological polar surface area (TPSA) is 12.9 Å². The Kier molecular flexibility index (Phi) is 13.6. The molecule has 1 heterocycles. The third-order valence-corrected chi connectivity index (χ3v) is 2.65. The molecular formula is C17H33N. The van der Waals surface area contributed by atoms with E-state index in [2.05, 4.69) is 31.0 Å². The summed E-state index contributed by atoms with van der Waals surface area (Å²) in [6.45, 7) is 16.4. The number of hydrogen-bond donors (Lipinski definition) is 0. The van der Waals surface area contributed by atoms with Gasteiger partial charge in [0.1, 0.15) is 0 Å². The van der Waals surface area contributed by atoms with E-state index < -0.39 is 0 Å². The van der Waals surface area contributed by atoms with Crippen molar-refractivity contribution in [3.8, 4) is 0 Å². The van der Waals surface area contributed by atoms with Gasteiger partial charge in [-0.3, -0.25) is 4.98 Å². The summed E-state index contributed by atoms with van der Waals surface area (Å²) < 4.78 is 0. The van der Waals surface area contributed by atoms with Gasteiger partial charge < -0.3 is 0 Å². The van der Waals surface area contributed by atoms with E-state index in [1.807, 2.05) is 41.5 Å². The molecule has 1 atom stereocenters. The molecule has 0 N–H and O–H groups in total. The number of pyridine rings is 1. The van der Waals surface area contributed by atoms with Gasteiger partial charge in [0, 0.05) is 11.4 Å². The zero-order valence-corrected chi connectivity index (χ0v) is 13.8. The second-order valence-electron chi connectivity index (χ2n) is 3.91. The van der Waals surface area contributed by atoms with E-state index in [1.54, 1.807) is 0 Å². The molecule has 1 nitrogen and oxygen atoms in total. The lowest BCUT2D eigenvalue weighted by Gasteiger charge is -2.20. The highest BCUT2D eigenvalue weighted by atomic mass is 14.7. The molecule has 106 valence electrons. The molecular weight excluding hydrogens is 218 g/mol. The average molecular weight is 251 g/mol. The molecule has 1 aliphatic rings. The Hall–Kier alpha value is -0.850. The molecule has 0 saturated heterocycles. The molecule has 0 aromatic carbocycles. The zero-order chi connectivity index (χ0) is 14.6. The van der Waals surface area contributed by atoms with Crippen LogP contribution < -0.4 is 0 Å². The van der Waals surface area contributed by atoms with Gasteiger partial charge in [-0.15, -0.1) is 0 Å². The Morgan fingerprint density at radius 1 is 1.00 bits per heavy atom. The average Bonchev–Trinajstić information content (AvgIpc) is 2.46. The molecule has 0 bridgehead atoms. The van der Waals surface area contributed by atoms with Crippen LogP contribution in [0, 0.1) is 12.8 Å². The van der Waals surface area contributed by atoms with E-state index in [1.165, 1.54) is 30.5 Å². The Morgan fingerprint density at radius 3 is 2.11 bits per heavy atom. The third kappa shape index (κ3) is 6.78. The van der Waals surface area contributed by atoms with Crippen LogP contribution in [0.3, 0.4) is 0 Å². The van der Waals surface area contributed by atoms with Gasteiger partial charge in [-0.1, -0.05) is 54.5 Å². The summed E-state index contributed by atoms with van der Waals surface area (Å²) in [5.41, 5.74) is 3.97. The molecule has 1 aromatic heterocycles. The van der Waals surface area contributed by atoms with Gasteiger partial charge >= 0.3 is 0 Å². The minimum absolute atomic E-state index is 0.849. The predicted molar refractivity (Wildman–Crippen MR) is 84.2 cm³/mol. The summed E-state index contributed by atoms with van der Waals surface area (Å²) in [6, 6.07) is 4.37. The predicted octanol–water partition coefficient (Wildman–Crippen LogP) is 5.59. The van der Waals surface area contributed by atoms with Crippen LogP contribution in [0.5, 0.6) is 0 Å². The summed E-state index contributed by atoms with van der Waals surface area (Å²) >= 11 is 0. The van der Waals surface area contributed by atoms with Crippen LogP contribution >= 0.6 is 0 Å². The van der Waals surface area contributed by atoms with E-state index in [0.717, 1.165) is 11.6 Å². The lowest BCUT2D eigenvalue weighted by molar-refractivity contribution is 0.493. The van der Waals surface area contributed by atoms with Gasteiger partial charge in [0.15, 0.2) is 0 Å². The van der Waals surface area contributed by atoms with E-state index >= 15 is 0 Å². The lowest BCUT2D eigenvalue weighted by atomic mass is 9.88. The molecule has 1 aromatic rings. The highest BCUT2D eigenvalue weighted by Gasteiger charge is 2.15. The fourth-order valence-electron chi connectivity index (χ4n) is 1.90. The first-order chi connectivity index (χ1) is 8.75. The highest BCUT2D eigenvalue weighted by Crippen LogP contribution is 2.23. The molecule has 0 saturated carbocycles. The SMILES string of the molecule is CC.CC.CC.Cc1ccc2c(n1)CCC(C)C2. The molecule has 18 heavy (non-hydrogen) atoms. The molecule has 0 spiro atoms. The normalized spacial score (nSPS) is 15.7. The Morgan fingerprint density at radius 2 is 1.56 bits per heavy atom. The monoisotopic (exact) mass is 251 g/mol. The van der Waals surface area contributed by atoms with Crippen molar-refractivity contribution in [1.29, 1.82) is 0 Å². The summed E-state index contributed by atoms with van der Waals surface area (Å²) in [5.74, 6) is 0.849. The van der Waals surface area contributed by atoms with E-state index in [9.17, 15) is 0 Å². The summed E-state index contributed by atoms with van der Waals surface area (Å²) in [5, 5.41) is 0. The van der Waals surface area contributed by atoms with E-state index in [0.29, 0.717) is 0 Å². The van der Waals surface area contributed by atoms with Crippen molar-refractivity contribution in [3.63, 3.8) is 0 Å². The third-order valence-electron chi connectivity index (χ3n) is 2.65. The molecule has 0 aliphatic heterocycles. The van der Waals surface area contributed by atoms with Crippen LogP contribution in [0.4, 0.5) is 0 Å². The van der Waals surface area contributed by atoms with Crippen LogP contribution in [-0.4, -0.2) is 4.98 Å². The number of hydrogen-bond acceptors (Lipinski definition) is 1. The van der Waals surface area contributed by atoms with Gasteiger partial charge in [0.25, 0.3) is 0 Å². The largest absolute Gasteiger partial charge is 0.258 e. The van der Waals surface area contributed by atoms with Crippen molar-refractivity contribution in [3.05, 3.63) is 29.1 Å². The summed E-state index contributed by atoms with van der Waals surface area (Å²) in [4.78, 5) is 4.55. The van der Waals surface area contributed by atoms with Crippen LogP contribution in [0.2, 0.25) is 0 Å². The van der Waals surface area contributed by atoms with Crippen LogP contribution in [0.1, 0.15) is 71.8 Å². The van der Waals surface area contributed by atoms with E-state index in [-0.39, 0.29) is 0 Å². The van der Waals surface area contributed by atoms with Gasteiger partial charge in [-0.2, -0.15) is 0 Å². The van der Waals surface area contributed by atoms with Crippen molar-refractivity contribution in [1.82, 2.24) is 4.98 Å². The standard InChI is InChI=1S/C11H15N.3C2H6/c1-8-3-6-11-10(7-8)5-4-9(2)12-11;3*1-2/h4-5,8H,3,6-7H2,1-2H3;3*1-2H3. The van der Waals surface area contributed by atoms with Crippen LogP contribution in [0.25, 0.3) is 0 Å². The second kappa shape index (κ2) is 12.6. The van der Waals surface area contributed by atoms with Crippen molar-refractivity contribution in [2.45, 2.75) is 74.7 Å². The van der Waals surface area contributed by atoms with Gasteiger partial charge in [0.2, 0.25) is 0 Å². The second-order valence-corrected chi connectivity index (χ2v) is 3.91. The first-order valence-electron chi connectivity index (χ1n) is 7.71. The first-order valence-corrected chi connectivity index (χ1v) is 7.71. The maximum atomic E-state index is 4.55. The fourth-order valence-corrected chi connectivity index (χ4v) is 1.90. The Bertz CT molecular complexity index is 292. The maximum absolute atomic E-state index is 4.55. The van der Waals surface area contributed by atoms with Gasteiger partial charge in [-0.25, -0.2) is 0 Å². The Balaban J connectivity index is 0. The number of fused-ring (bicyclic) bond motifs is 1. The van der Waals surface area contributed by atoms with Crippen molar-refractivity contribution >= 4 is 0 Å². The number of aryl methyl sites for hydroxylation is 2. The molecule has 0 radical (unpaired) electrons. The highest BCUT2D eigenvalue weighted by molar-refractivity contribution is 5.25. The minimum Gasteiger partial charge on any atom is -0.258 e. The number of aromatic nitrogens is 1. The smallest absolute Gasteiger partial charge is 0.0438 e.